The molecule has 4 unspecified atom stereocenters. The number of rotatable bonds is 7. The molecule has 0 heterocycles. The Kier molecular flexibility index (Phi) is 5.61. The lowest BCUT2D eigenvalue weighted by Gasteiger charge is -2.60. The maximum Gasteiger partial charge on any atom is 0.407 e. The number of nitrogens with one attached hydrogen (secondary N) is 1. The lowest BCUT2D eigenvalue weighted by molar-refractivity contribution is -0.151. The molecule has 5 nitrogen and oxygen atoms in total. The molecule has 28 heavy (non-hydrogen) atoms. The van der Waals surface area contributed by atoms with Crippen LogP contribution < -0.4 is 5.32 Å². The van der Waals surface area contributed by atoms with Crippen molar-refractivity contribution in [1.29, 1.82) is 0 Å². The van der Waals surface area contributed by atoms with Gasteiger partial charge in [0.05, 0.1) is 6.61 Å². The Morgan fingerprint density at radius 2 is 1.79 bits per heavy atom. The minimum Gasteiger partial charge on any atom is -0.466 e. The fourth-order valence-electron chi connectivity index (χ4n) is 6.29. The van der Waals surface area contributed by atoms with E-state index < -0.39 is 0 Å². The fourth-order valence-corrected chi connectivity index (χ4v) is 6.29. The van der Waals surface area contributed by atoms with Gasteiger partial charge in [0.2, 0.25) is 0 Å². The van der Waals surface area contributed by atoms with Crippen LogP contribution >= 0.6 is 0 Å². The number of alkyl carbamates (subject to hydrolysis) is 1. The van der Waals surface area contributed by atoms with Gasteiger partial charge in [0, 0.05) is 13.0 Å². The maximum atomic E-state index is 12.2. The average Bonchev–Trinajstić information content (AvgIpc) is 2.68. The molecule has 152 valence electrons. The van der Waals surface area contributed by atoms with Gasteiger partial charge in [-0.05, 0) is 73.7 Å². The lowest BCUT2D eigenvalue weighted by atomic mass is 9.45. The largest absolute Gasteiger partial charge is 0.466 e. The van der Waals surface area contributed by atoms with Crippen LogP contribution in [0.1, 0.15) is 51.0 Å². The molecule has 1 amide bonds. The van der Waals surface area contributed by atoms with E-state index >= 15 is 0 Å². The highest BCUT2D eigenvalue weighted by atomic mass is 16.5. The van der Waals surface area contributed by atoms with Gasteiger partial charge in [-0.15, -0.1) is 0 Å². The first kappa shape index (κ1) is 19.3. The highest BCUT2D eigenvalue weighted by Crippen LogP contribution is 2.62. The summed E-state index contributed by atoms with van der Waals surface area (Å²) in [6.07, 6.45) is 6.14. The normalized spacial score (nSPS) is 32.8. The molecule has 0 spiro atoms. The molecule has 4 aliphatic carbocycles. The van der Waals surface area contributed by atoms with Gasteiger partial charge < -0.3 is 14.8 Å². The van der Waals surface area contributed by atoms with E-state index in [0.717, 1.165) is 24.3 Å². The van der Waals surface area contributed by atoms with Crippen molar-refractivity contribution in [2.75, 3.05) is 13.2 Å². The Labute approximate surface area is 167 Å². The second kappa shape index (κ2) is 8.14. The number of esters is 1. The summed E-state index contributed by atoms with van der Waals surface area (Å²) in [5.74, 6) is 2.36. The van der Waals surface area contributed by atoms with E-state index in [9.17, 15) is 9.59 Å². The van der Waals surface area contributed by atoms with Crippen LogP contribution in [-0.4, -0.2) is 25.2 Å². The first-order valence-electron chi connectivity index (χ1n) is 10.7. The number of carbonyl (C=O) groups excluding carboxylic acids is 2. The number of amides is 1. The topological polar surface area (TPSA) is 64.6 Å². The summed E-state index contributed by atoms with van der Waals surface area (Å²) in [5.41, 5.74) is 1.18. The number of carbonyl (C=O) groups is 2. The van der Waals surface area contributed by atoms with E-state index in [4.69, 9.17) is 9.47 Å². The molecule has 1 aromatic rings. The van der Waals surface area contributed by atoms with E-state index in [-0.39, 0.29) is 17.5 Å². The van der Waals surface area contributed by atoms with Gasteiger partial charge in [-0.2, -0.15) is 0 Å². The van der Waals surface area contributed by atoms with Crippen LogP contribution in [-0.2, 0) is 20.9 Å². The molecule has 0 aliphatic heterocycles. The standard InChI is InChI=1S/C23H31NO4/c1-2-27-21(25)10-20-18-8-17-9-19(20)13-23(11-17,12-18)15-24-22(26)28-14-16-6-4-3-5-7-16/h3-7,17-20H,2,8-15H2,1H3,(H,24,26)/t17?,18-,19?,20?,23?/m1/s1. The minimum atomic E-state index is -0.331. The third-order valence-electron chi connectivity index (χ3n) is 7.12. The quantitative estimate of drug-likeness (QED) is 0.711. The Morgan fingerprint density at radius 1 is 1.07 bits per heavy atom. The number of benzene rings is 1. The van der Waals surface area contributed by atoms with Crippen molar-refractivity contribution in [2.24, 2.45) is 29.1 Å². The van der Waals surface area contributed by atoms with Crippen LogP contribution in [0.15, 0.2) is 30.3 Å². The van der Waals surface area contributed by atoms with Gasteiger partial charge in [0.15, 0.2) is 0 Å². The molecule has 5 heteroatoms. The third-order valence-corrected chi connectivity index (χ3v) is 7.12. The first-order valence-corrected chi connectivity index (χ1v) is 10.7. The van der Waals surface area contributed by atoms with Crippen molar-refractivity contribution in [1.82, 2.24) is 5.32 Å². The van der Waals surface area contributed by atoms with Gasteiger partial charge in [-0.3, -0.25) is 4.79 Å². The van der Waals surface area contributed by atoms with Crippen LogP contribution in [0.2, 0.25) is 0 Å². The third kappa shape index (κ3) is 4.18. The van der Waals surface area contributed by atoms with Crippen LogP contribution in [0.3, 0.4) is 0 Å². The van der Waals surface area contributed by atoms with Crippen LogP contribution in [0, 0.1) is 29.1 Å². The molecule has 0 aromatic heterocycles. The highest BCUT2D eigenvalue weighted by Gasteiger charge is 2.55. The Morgan fingerprint density at radius 3 is 2.46 bits per heavy atom. The molecule has 5 atom stereocenters. The second-order valence-corrected chi connectivity index (χ2v) is 9.06. The van der Waals surface area contributed by atoms with E-state index in [1.807, 2.05) is 37.3 Å². The summed E-state index contributed by atoms with van der Waals surface area (Å²) in [7, 11) is 0. The molecule has 5 rings (SSSR count). The molecule has 0 radical (unpaired) electrons. The number of ether oxygens (including phenoxy) is 2. The van der Waals surface area contributed by atoms with E-state index in [1.165, 1.54) is 19.3 Å². The molecular weight excluding hydrogens is 354 g/mol. The highest BCUT2D eigenvalue weighted by molar-refractivity contribution is 5.69. The van der Waals surface area contributed by atoms with Crippen LogP contribution in [0.5, 0.6) is 0 Å². The van der Waals surface area contributed by atoms with Crippen LogP contribution in [0.25, 0.3) is 0 Å². The summed E-state index contributed by atoms with van der Waals surface area (Å²) in [4.78, 5) is 24.2. The SMILES string of the molecule is CCOC(=O)CC1C2CC3C[C@@H]1CC(CNC(=O)OCc1ccccc1)(C3)C2. The van der Waals surface area contributed by atoms with Gasteiger partial charge in [-0.25, -0.2) is 4.79 Å². The summed E-state index contributed by atoms with van der Waals surface area (Å²) in [6.45, 7) is 3.32. The monoisotopic (exact) mass is 385 g/mol. The Bertz CT molecular complexity index is 688. The van der Waals surface area contributed by atoms with Crippen molar-refractivity contribution in [3.63, 3.8) is 0 Å². The van der Waals surface area contributed by atoms with Gasteiger partial charge in [-0.1, -0.05) is 30.3 Å². The molecular formula is C23H31NO4. The van der Waals surface area contributed by atoms with Crippen molar-refractivity contribution >= 4 is 12.1 Å². The second-order valence-electron chi connectivity index (χ2n) is 9.06. The van der Waals surface area contributed by atoms with Gasteiger partial charge in [0.1, 0.15) is 6.61 Å². The van der Waals surface area contributed by atoms with Crippen molar-refractivity contribution in [2.45, 2.75) is 52.1 Å². The molecule has 1 N–H and O–H groups in total. The van der Waals surface area contributed by atoms with E-state index in [1.54, 1.807) is 0 Å². The molecule has 4 fully saturated rings. The molecule has 1 aromatic carbocycles. The minimum absolute atomic E-state index is 0.0448. The van der Waals surface area contributed by atoms with Gasteiger partial charge in [0.25, 0.3) is 0 Å². The number of hydrogen-bond acceptors (Lipinski definition) is 4. The summed E-state index contributed by atoms with van der Waals surface area (Å²) in [5, 5.41) is 3.03. The van der Waals surface area contributed by atoms with E-state index in [2.05, 4.69) is 5.32 Å². The predicted molar refractivity (Wildman–Crippen MR) is 105 cm³/mol. The summed E-state index contributed by atoms with van der Waals surface area (Å²) >= 11 is 0. The maximum absolute atomic E-state index is 12.2. The summed E-state index contributed by atoms with van der Waals surface area (Å²) < 4.78 is 10.6. The van der Waals surface area contributed by atoms with Gasteiger partial charge >= 0.3 is 12.1 Å². The van der Waals surface area contributed by atoms with Crippen molar-refractivity contribution in [3.05, 3.63) is 35.9 Å². The molecule has 0 saturated heterocycles. The van der Waals surface area contributed by atoms with Crippen molar-refractivity contribution in [3.8, 4) is 0 Å². The Hall–Kier alpha value is -2.04. The average molecular weight is 386 g/mol. The smallest absolute Gasteiger partial charge is 0.407 e. The Balaban J connectivity index is 1.30. The first-order chi connectivity index (χ1) is 13.6. The fraction of sp³-hybridized carbons (Fsp3) is 0.652. The van der Waals surface area contributed by atoms with E-state index in [0.29, 0.717) is 43.9 Å². The lowest BCUT2D eigenvalue weighted by Crippen LogP contribution is -2.55. The van der Waals surface area contributed by atoms with Crippen molar-refractivity contribution < 1.29 is 19.1 Å². The zero-order chi connectivity index (χ0) is 19.6. The summed E-state index contributed by atoms with van der Waals surface area (Å²) in [6, 6.07) is 9.75. The zero-order valence-electron chi connectivity index (χ0n) is 16.7. The zero-order valence-corrected chi connectivity index (χ0v) is 16.7. The predicted octanol–water partition coefficient (Wildman–Crippen LogP) is 4.31. The molecule has 4 saturated carbocycles. The molecule has 4 aliphatic rings. The van der Waals surface area contributed by atoms with Crippen LogP contribution in [0.4, 0.5) is 4.79 Å². The molecule has 4 bridgehead atoms. The number of hydrogen-bond donors (Lipinski definition) is 1.